The SMILES string of the molecule is CC1NCCN(C(=O)c2ccc([N+](=O)[O-])c(O)c2)C1C. The van der Waals surface area contributed by atoms with Crippen LogP contribution in [0.15, 0.2) is 18.2 Å². The molecule has 0 bridgehead atoms. The second kappa shape index (κ2) is 5.46. The van der Waals surface area contributed by atoms with Gasteiger partial charge in [-0.1, -0.05) is 0 Å². The summed E-state index contributed by atoms with van der Waals surface area (Å²) in [5, 5.41) is 23.5. The van der Waals surface area contributed by atoms with Crippen LogP contribution in [0.1, 0.15) is 24.2 Å². The molecule has 1 amide bonds. The lowest BCUT2D eigenvalue weighted by Gasteiger charge is -2.38. The van der Waals surface area contributed by atoms with Crippen molar-refractivity contribution in [3.05, 3.63) is 33.9 Å². The summed E-state index contributed by atoms with van der Waals surface area (Å²) in [7, 11) is 0. The standard InChI is InChI=1S/C13H17N3O4/c1-8-9(2)15(6-5-14-8)13(18)10-3-4-11(16(19)20)12(17)7-10/h3-4,7-9,14,17H,5-6H2,1-2H3. The number of phenols is 1. The zero-order chi connectivity index (χ0) is 14.9. The van der Waals surface area contributed by atoms with Crippen LogP contribution >= 0.6 is 0 Å². The van der Waals surface area contributed by atoms with Crippen molar-refractivity contribution >= 4 is 11.6 Å². The highest BCUT2D eigenvalue weighted by atomic mass is 16.6. The van der Waals surface area contributed by atoms with E-state index in [4.69, 9.17) is 0 Å². The molecule has 0 saturated carbocycles. The number of amides is 1. The molecule has 7 nitrogen and oxygen atoms in total. The Bertz CT molecular complexity index is 546. The third-order valence-electron chi connectivity index (χ3n) is 3.71. The number of hydrogen-bond acceptors (Lipinski definition) is 5. The van der Waals surface area contributed by atoms with Gasteiger partial charge >= 0.3 is 5.69 Å². The van der Waals surface area contributed by atoms with Gasteiger partial charge in [-0.15, -0.1) is 0 Å². The second-order valence-corrected chi connectivity index (χ2v) is 4.94. The molecule has 1 aliphatic rings. The summed E-state index contributed by atoms with van der Waals surface area (Å²) in [5.74, 6) is -0.715. The predicted octanol–water partition coefficient (Wildman–Crippen LogP) is 1.12. The lowest BCUT2D eigenvalue weighted by molar-refractivity contribution is -0.385. The Kier molecular flexibility index (Phi) is 3.89. The van der Waals surface area contributed by atoms with E-state index in [2.05, 4.69) is 5.32 Å². The van der Waals surface area contributed by atoms with Gasteiger partial charge in [0.05, 0.1) is 4.92 Å². The lowest BCUT2D eigenvalue weighted by Crippen LogP contribution is -2.57. The van der Waals surface area contributed by atoms with Crippen molar-refractivity contribution in [1.29, 1.82) is 0 Å². The molecule has 7 heteroatoms. The zero-order valence-corrected chi connectivity index (χ0v) is 11.4. The van der Waals surface area contributed by atoms with E-state index in [1.807, 2.05) is 13.8 Å². The average Bonchev–Trinajstić information content (AvgIpc) is 2.40. The maximum absolute atomic E-state index is 12.4. The van der Waals surface area contributed by atoms with Crippen LogP contribution in [0.2, 0.25) is 0 Å². The molecule has 1 aliphatic heterocycles. The van der Waals surface area contributed by atoms with Gasteiger partial charge in [0.2, 0.25) is 0 Å². The first-order valence-corrected chi connectivity index (χ1v) is 6.43. The molecule has 1 aromatic rings. The van der Waals surface area contributed by atoms with Gasteiger partial charge in [-0.25, -0.2) is 0 Å². The largest absolute Gasteiger partial charge is 0.502 e. The number of nitro benzene ring substituents is 1. The van der Waals surface area contributed by atoms with E-state index < -0.39 is 16.4 Å². The van der Waals surface area contributed by atoms with Gasteiger partial charge in [0.25, 0.3) is 5.91 Å². The van der Waals surface area contributed by atoms with Crippen molar-refractivity contribution in [3.63, 3.8) is 0 Å². The summed E-state index contributed by atoms with van der Waals surface area (Å²) >= 11 is 0. The van der Waals surface area contributed by atoms with Crippen LogP contribution in [0.4, 0.5) is 5.69 Å². The number of hydrogen-bond donors (Lipinski definition) is 2. The summed E-state index contributed by atoms with van der Waals surface area (Å²) in [5.41, 5.74) is -0.141. The molecule has 1 heterocycles. The second-order valence-electron chi connectivity index (χ2n) is 4.94. The smallest absolute Gasteiger partial charge is 0.310 e. The first-order valence-electron chi connectivity index (χ1n) is 6.43. The number of nitrogens with zero attached hydrogens (tertiary/aromatic N) is 2. The fourth-order valence-electron chi connectivity index (χ4n) is 2.32. The van der Waals surface area contributed by atoms with Gasteiger partial charge in [-0.3, -0.25) is 14.9 Å². The number of carbonyl (C=O) groups excluding carboxylic acids is 1. The molecule has 2 unspecified atom stereocenters. The van der Waals surface area contributed by atoms with E-state index in [0.29, 0.717) is 13.1 Å². The van der Waals surface area contributed by atoms with Gasteiger partial charge in [0, 0.05) is 36.8 Å². The van der Waals surface area contributed by atoms with Crippen LogP contribution < -0.4 is 5.32 Å². The maximum atomic E-state index is 12.4. The Morgan fingerprint density at radius 1 is 1.50 bits per heavy atom. The van der Waals surface area contributed by atoms with Crippen LogP contribution in [-0.2, 0) is 0 Å². The van der Waals surface area contributed by atoms with E-state index >= 15 is 0 Å². The third kappa shape index (κ3) is 2.57. The zero-order valence-electron chi connectivity index (χ0n) is 11.4. The molecule has 2 atom stereocenters. The Hall–Kier alpha value is -2.15. The molecule has 1 fully saturated rings. The molecule has 0 radical (unpaired) electrons. The molecular formula is C13H17N3O4. The van der Waals surface area contributed by atoms with Crippen LogP contribution in [0.3, 0.4) is 0 Å². The van der Waals surface area contributed by atoms with Gasteiger partial charge in [0.1, 0.15) is 0 Å². The van der Waals surface area contributed by atoms with E-state index in [0.717, 1.165) is 12.1 Å². The summed E-state index contributed by atoms with van der Waals surface area (Å²) in [6, 6.07) is 3.88. The maximum Gasteiger partial charge on any atom is 0.310 e. The highest BCUT2D eigenvalue weighted by molar-refractivity contribution is 5.95. The summed E-state index contributed by atoms with van der Waals surface area (Å²) in [6.07, 6.45) is 0. The van der Waals surface area contributed by atoms with Crippen molar-refractivity contribution in [2.24, 2.45) is 0 Å². The Morgan fingerprint density at radius 3 is 2.80 bits per heavy atom. The number of rotatable bonds is 2. The van der Waals surface area contributed by atoms with Crippen molar-refractivity contribution < 1.29 is 14.8 Å². The van der Waals surface area contributed by atoms with Gasteiger partial charge in [-0.2, -0.15) is 0 Å². The molecule has 2 rings (SSSR count). The van der Waals surface area contributed by atoms with Crippen LogP contribution in [-0.4, -0.2) is 46.0 Å². The number of phenolic OH excluding ortho intramolecular Hbond substituents is 1. The molecule has 20 heavy (non-hydrogen) atoms. The van der Waals surface area contributed by atoms with E-state index in [-0.39, 0.29) is 23.6 Å². The third-order valence-corrected chi connectivity index (χ3v) is 3.71. The Balaban J connectivity index is 2.25. The predicted molar refractivity (Wildman–Crippen MR) is 72.7 cm³/mol. The monoisotopic (exact) mass is 279 g/mol. The van der Waals surface area contributed by atoms with Gasteiger partial charge < -0.3 is 15.3 Å². The van der Waals surface area contributed by atoms with E-state index in [9.17, 15) is 20.0 Å². The number of carbonyl (C=O) groups is 1. The molecule has 2 N–H and O–H groups in total. The molecule has 0 aliphatic carbocycles. The number of aromatic hydroxyl groups is 1. The molecule has 0 spiro atoms. The minimum absolute atomic E-state index is 0.0218. The molecule has 1 aromatic carbocycles. The van der Waals surface area contributed by atoms with Gasteiger partial charge in [-0.05, 0) is 26.0 Å². The summed E-state index contributed by atoms with van der Waals surface area (Å²) in [6.45, 7) is 5.22. The normalized spacial score (nSPS) is 22.6. The van der Waals surface area contributed by atoms with Crippen molar-refractivity contribution in [2.45, 2.75) is 25.9 Å². The Labute approximate surface area is 116 Å². The van der Waals surface area contributed by atoms with Crippen molar-refractivity contribution in [1.82, 2.24) is 10.2 Å². The Morgan fingerprint density at radius 2 is 2.20 bits per heavy atom. The van der Waals surface area contributed by atoms with E-state index in [1.165, 1.54) is 6.07 Å². The molecule has 108 valence electrons. The number of nitro groups is 1. The summed E-state index contributed by atoms with van der Waals surface area (Å²) < 4.78 is 0. The highest BCUT2D eigenvalue weighted by Crippen LogP contribution is 2.27. The van der Waals surface area contributed by atoms with Crippen LogP contribution in [0.25, 0.3) is 0 Å². The highest BCUT2D eigenvalue weighted by Gasteiger charge is 2.29. The van der Waals surface area contributed by atoms with Crippen molar-refractivity contribution in [3.8, 4) is 5.75 Å². The minimum atomic E-state index is -0.681. The molecule has 0 aromatic heterocycles. The number of nitrogens with one attached hydrogen (secondary N) is 1. The summed E-state index contributed by atoms with van der Waals surface area (Å²) in [4.78, 5) is 24.1. The van der Waals surface area contributed by atoms with Crippen LogP contribution in [0, 0.1) is 10.1 Å². The molecular weight excluding hydrogens is 262 g/mol. The first-order chi connectivity index (χ1) is 9.41. The lowest BCUT2D eigenvalue weighted by atomic mass is 10.0. The fourth-order valence-corrected chi connectivity index (χ4v) is 2.32. The van der Waals surface area contributed by atoms with E-state index in [1.54, 1.807) is 4.90 Å². The number of benzene rings is 1. The fraction of sp³-hybridized carbons (Fsp3) is 0.462. The minimum Gasteiger partial charge on any atom is -0.502 e. The van der Waals surface area contributed by atoms with Crippen LogP contribution in [0.5, 0.6) is 5.75 Å². The molecule has 1 saturated heterocycles. The van der Waals surface area contributed by atoms with Crippen molar-refractivity contribution in [2.75, 3.05) is 13.1 Å². The average molecular weight is 279 g/mol. The quantitative estimate of drug-likeness (QED) is 0.625. The number of piperazine rings is 1. The topological polar surface area (TPSA) is 95.7 Å². The van der Waals surface area contributed by atoms with Gasteiger partial charge in [0.15, 0.2) is 5.75 Å². The first kappa shape index (κ1) is 14.3.